The smallest absolute Gasteiger partial charge is 0.245 e. The molecule has 1 saturated heterocycles. The fourth-order valence-corrected chi connectivity index (χ4v) is 2.41. The van der Waals surface area contributed by atoms with Crippen molar-refractivity contribution in [2.45, 2.75) is 58.5 Å². The van der Waals surface area contributed by atoms with Gasteiger partial charge in [-0.1, -0.05) is 13.3 Å². The van der Waals surface area contributed by atoms with Gasteiger partial charge in [0.2, 0.25) is 11.8 Å². The molecule has 0 spiro atoms. The van der Waals surface area contributed by atoms with Gasteiger partial charge in [-0.2, -0.15) is 0 Å². The number of hydrogen-bond donors (Lipinski definition) is 1. The highest BCUT2D eigenvalue weighted by Gasteiger charge is 2.32. The molecule has 110 valence electrons. The maximum Gasteiger partial charge on any atom is 0.245 e. The zero-order valence-electron chi connectivity index (χ0n) is 12.3. The van der Waals surface area contributed by atoms with Crippen molar-refractivity contribution in [3.8, 4) is 0 Å². The Morgan fingerprint density at radius 1 is 1.37 bits per heavy atom. The molecule has 0 bridgehead atoms. The van der Waals surface area contributed by atoms with Crippen LogP contribution in [0.2, 0.25) is 0 Å². The first-order valence-electron chi connectivity index (χ1n) is 7.27. The van der Waals surface area contributed by atoms with Crippen LogP contribution in [0, 0.1) is 0 Å². The summed E-state index contributed by atoms with van der Waals surface area (Å²) in [5.74, 6) is 0.0308. The summed E-state index contributed by atoms with van der Waals surface area (Å²) in [7, 11) is 0. The van der Waals surface area contributed by atoms with Gasteiger partial charge in [-0.05, 0) is 26.7 Å². The van der Waals surface area contributed by atoms with E-state index in [1.165, 1.54) is 0 Å². The fourth-order valence-electron chi connectivity index (χ4n) is 2.41. The lowest BCUT2D eigenvalue weighted by molar-refractivity contribution is -0.135. The van der Waals surface area contributed by atoms with Crippen LogP contribution in [0.4, 0.5) is 0 Å². The molecule has 2 amide bonds. The van der Waals surface area contributed by atoms with Crippen molar-refractivity contribution < 1.29 is 14.3 Å². The predicted octanol–water partition coefficient (Wildman–Crippen LogP) is 1.32. The van der Waals surface area contributed by atoms with E-state index in [9.17, 15) is 9.59 Å². The van der Waals surface area contributed by atoms with E-state index in [0.717, 1.165) is 12.8 Å². The summed E-state index contributed by atoms with van der Waals surface area (Å²) in [6, 6.07) is -0.384. The van der Waals surface area contributed by atoms with Gasteiger partial charge in [0, 0.05) is 32.2 Å². The first-order valence-corrected chi connectivity index (χ1v) is 7.27. The van der Waals surface area contributed by atoms with Gasteiger partial charge >= 0.3 is 0 Å². The Labute approximate surface area is 115 Å². The van der Waals surface area contributed by atoms with E-state index in [-0.39, 0.29) is 23.9 Å². The minimum atomic E-state index is -0.352. The molecule has 5 nitrogen and oxygen atoms in total. The van der Waals surface area contributed by atoms with Gasteiger partial charge in [0.25, 0.3) is 0 Å². The number of hydrogen-bond acceptors (Lipinski definition) is 3. The second-order valence-corrected chi connectivity index (χ2v) is 5.04. The summed E-state index contributed by atoms with van der Waals surface area (Å²) >= 11 is 0. The van der Waals surface area contributed by atoms with Crippen LogP contribution in [0.5, 0.6) is 0 Å². The van der Waals surface area contributed by atoms with E-state index < -0.39 is 0 Å². The first-order chi connectivity index (χ1) is 9.10. The Bertz CT molecular complexity index is 307. The van der Waals surface area contributed by atoms with Gasteiger partial charge in [-0.15, -0.1) is 0 Å². The highest BCUT2D eigenvalue weighted by atomic mass is 16.5. The molecule has 0 aromatic carbocycles. The number of amides is 2. The van der Waals surface area contributed by atoms with Crippen LogP contribution in [0.15, 0.2) is 0 Å². The molecule has 1 fully saturated rings. The van der Waals surface area contributed by atoms with Crippen LogP contribution in [-0.4, -0.2) is 48.6 Å². The molecule has 2 atom stereocenters. The van der Waals surface area contributed by atoms with Gasteiger partial charge in [0.1, 0.15) is 6.04 Å². The Balaban J connectivity index is 2.63. The van der Waals surface area contributed by atoms with Crippen molar-refractivity contribution in [2.24, 2.45) is 0 Å². The second-order valence-electron chi connectivity index (χ2n) is 5.04. The summed E-state index contributed by atoms with van der Waals surface area (Å²) in [5.41, 5.74) is 0. The largest absolute Gasteiger partial charge is 0.382 e. The maximum absolute atomic E-state index is 12.4. The van der Waals surface area contributed by atoms with Crippen LogP contribution in [0.3, 0.4) is 0 Å². The summed E-state index contributed by atoms with van der Waals surface area (Å²) in [6.45, 7) is 7.93. The maximum atomic E-state index is 12.4. The zero-order valence-corrected chi connectivity index (χ0v) is 12.3. The zero-order chi connectivity index (χ0) is 14.3. The quantitative estimate of drug-likeness (QED) is 0.710. The molecule has 1 aliphatic heterocycles. The minimum Gasteiger partial charge on any atom is -0.382 e. The molecule has 1 aliphatic rings. The number of carbonyl (C=O) groups excluding carboxylic acids is 2. The van der Waals surface area contributed by atoms with Crippen molar-refractivity contribution in [2.75, 3.05) is 19.8 Å². The number of ether oxygens (including phenoxy) is 1. The molecule has 2 unspecified atom stereocenters. The van der Waals surface area contributed by atoms with Gasteiger partial charge in [-0.3, -0.25) is 9.59 Å². The Hall–Kier alpha value is -1.10. The monoisotopic (exact) mass is 270 g/mol. The van der Waals surface area contributed by atoms with E-state index in [2.05, 4.69) is 5.32 Å². The van der Waals surface area contributed by atoms with Crippen LogP contribution in [0.25, 0.3) is 0 Å². The summed E-state index contributed by atoms with van der Waals surface area (Å²) in [6.07, 6.45) is 2.80. The Morgan fingerprint density at radius 3 is 2.74 bits per heavy atom. The number of rotatable bonds is 7. The van der Waals surface area contributed by atoms with Crippen molar-refractivity contribution in [3.63, 3.8) is 0 Å². The van der Waals surface area contributed by atoms with Gasteiger partial charge in [-0.25, -0.2) is 0 Å². The third kappa shape index (κ3) is 4.82. The lowest BCUT2D eigenvalue weighted by Crippen LogP contribution is -2.46. The fraction of sp³-hybridized carbons (Fsp3) is 0.857. The molecule has 0 radical (unpaired) electrons. The summed E-state index contributed by atoms with van der Waals surface area (Å²) in [5, 5.41) is 2.83. The topological polar surface area (TPSA) is 58.6 Å². The molecule has 1 heterocycles. The second kappa shape index (κ2) is 8.15. The van der Waals surface area contributed by atoms with Gasteiger partial charge in [0.05, 0.1) is 0 Å². The van der Waals surface area contributed by atoms with E-state index in [4.69, 9.17) is 4.74 Å². The highest BCUT2D eigenvalue weighted by Crippen LogP contribution is 2.14. The SMILES string of the molecule is CCCC1NC(=O)CC(C)N(CCCOCC)C1=O. The molecular formula is C14H26N2O3. The molecule has 1 rings (SSSR count). The molecule has 5 heteroatoms. The summed E-state index contributed by atoms with van der Waals surface area (Å²) < 4.78 is 5.30. The molecular weight excluding hydrogens is 244 g/mol. The molecule has 0 aromatic heterocycles. The third-order valence-corrected chi connectivity index (χ3v) is 3.40. The van der Waals surface area contributed by atoms with Crippen LogP contribution < -0.4 is 5.32 Å². The standard InChI is InChI=1S/C14H26N2O3/c1-4-7-12-14(18)16(8-6-9-19-5-2)11(3)10-13(17)15-12/h11-12H,4-10H2,1-3H3,(H,15,17). The Morgan fingerprint density at radius 2 is 2.11 bits per heavy atom. The molecule has 1 N–H and O–H groups in total. The number of nitrogens with one attached hydrogen (secondary N) is 1. The van der Waals surface area contributed by atoms with Crippen molar-refractivity contribution >= 4 is 11.8 Å². The van der Waals surface area contributed by atoms with E-state index in [0.29, 0.717) is 32.6 Å². The number of nitrogens with zero attached hydrogens (tertiary/aromatic N) is 1. The average Bonchev–Trinajstić information content (AvgIpc) is 2.45. The van der Waals surface area contributed by atoms with E-state index >= 15 is 0 Å². The number of carbonyl (C=O) groups is 2. The highest BCUT2D eigenvalue weighted by molar-refractivity contribution is 5.90. The Kier molecular flexibility index (Phi) is 6.84. The summed E-state index contributed by atoms with van der Waals surface area (Å²) in [4.78, 5) is 26.0. The molecule has 19 heavy (non-hydrogen) atoms. The molecule has 0 saturated carbocycles. The predicted molar refractivity (Wildman–Crippen MR) is 73.7 cm³/mol. The van der Waals surface area contributed by atoms with Crippen LogP contribution >= 0.6 is 0 Å². The minimum absolute atomic E-state index is 0.0217. The van der Waals surface area contributed by atoms with Crippen molar-refractivity contribution in [1.29, 1.82) is 0 Å². The first kappa shape index (κ1) is 16.0. The van der Waals surface area contributed by atoms with E-state index in [1.807, 2.05) is 25.7 Å². The van der Waals surface area contributed by atoms with Gasteiger partial charge < -0.3 is 15.0 Å². The average molecular weight is 270 g/mol. The lowest BCUT2D eigenvalue weighted by Gasteiger charge is -2.28. The van der Waals surface area contributed by atoms with E-state index in [1.54, 1.807) is 0 Å². The van der Waals surface area contributed by atoms with Crippen molar-refractivity contribution in [1.82, 2.24) is 10.2 Å². The van der Waals surface area contributed by atoms with Crippen LogP contribution in [-0.2, 0) is 14.3 Å². The molecule has 0 aromatic rings. The van der Waals surface area contributed by atoms with Crippen molar-refractivity contribution in [3.05, 3.63) is 0 Å². The van der Waals surface area contributed by atoms with Gasteiger partial charge in [0.15, 0.2) is 0 Å². The molecule has 0 aliphatic carbocycles. The van der Waals surface area contributed by atoms with Crippen LogP contribution in [0.1, 0.15) is 46.5 Å². The lowest BCUT2D eigenvalue weighted by atomic mass is 10.1. The normalized spacial score (nSPS) is 24.3. The third-order valence-electron chi connectivity index (χ3n) is 3.40.